The van der Waals surface area contributed by atoms with Gasteiger partial charge in [-0.1, -0.05) is 17.7 Å². The lowest BCUT2D eigenvalue weighted by atomic mass is 10.2. The molecule has 0 aliphatic carbocycles. The normalized spacial score (nSPS) is 13.4. The molecule has 0 heterocycles. The van der Waals surface area contributed by atoms with Gasteiger partial charge in [0.15, 0.2) is 0 Å². The van der Waals surface area contributed by atoms with Crippen LogP contribution in [0.1, 0.15) is 0 Å². The highest BCUT2D eigenvalue weighted by Crippen LogP contribution is 2.04. The van der Waals surface area contributed by atoms with Crippen molar-refractivity contribution >= 4 is 35.3 Å². The summed E-state index contributed by atoms with van der Waals surface area (Å²) < 4.78 is 0. The van der Waals surface area contributed by atoms with Gasteiger partial charge in [-0.25, -0.2) is 0 Å². The molecule has 5 heteroatoms. The highest BCUT2D eigenvalue weighted by molar-refractivity contribution is 7.96. The monoisotopic (exact) mass is 180 g/mol. The van der Waals surface area contributed by atoms with Crippen molar-refractivity contribution in [3.63, 3.8) is 0 Å². The standard InChI is InChI=1S/C5H5ClO3S/c6-2-1-3(4(7)8)5(9)10/h1-3H,(H,7,8)(H,9,10)/b2-1+. The molecule has 1 unspecified atom stereocenters. The maximum absolute atomic E-state index is 10.3. The van der Waals surface area contributed by atoms with E-state index in [2.05, 4.69) is 12.6 Å². The van der Waals surface area contributed by atoms with Crippen molar-refractivity contribution < 1.29 is 14.7 Å². The molecule has 0 saturated carbocycles. The predicted molar refractivity (Wildman–Crippen MR) is 40.1 cm³/mol. The van der Waals surface area contributed by atoms with Crippen LogP contribution in [0, 0.1) is 5.92 Å². The Morgan fingerprint density at radius 1 is 1.60 bits per heavy atom. The van der Waals surface area contributed by atoms with Crippen LogP contribution in [0.5, 0.6) is 0 Å². The first kappa shape index (κ1) is 9.52. The first-order chi connectivity index (χ1) is 4.59. The highest BCUT2D eigenvalue weighted by atomic mass is 35.5. The predicted octanol–water partition coefficient (Wildman–Crippen LogP) is 0.896. The van der Waals surface area contributed by atoms with E-state index in [1.165, 1.54) is 0 Å². The van der Waals surface area contributed by atoms with Crippen molar-refractivity contribution in [3.8, 4) is 0 Å². The van der Waals surface area contributed by atoms with E-state index in [0.29, 0.717) is 0 Å². The third-order valence-corrected chi connectivity index (χ3v) is 1.22. The fourth-order valence-corrected chi connectivity index (χ4v) is 0.685. The van der Waals surface area contributed by atoms with Gasteiger partial charge in [-0.15, -0.1) is 12.6 Å². The lowest BCUT2D eigenvalue weighted by Gasteiger charge is -1.98. The number of rotatable bonds is 3. The van der Waals surface area contributed by atoms with E-state index in [-0.39, 0.29) is 0 Å². The summed E-state index contributed by atoms with van der Waals surface area (Å²) >= 11 is 8.39. The molecule has 0 aromatic carbocycles. The van der Waals surface area contributed by atoms with E-state index >= 15 is 0 Å². The van der Waals surface area contributed by atoms with E-state index < -0.39 is 17.0 Å². The first-order valence-electron chi connectivity index (χ1n) is 2.32. The molecule has 0 bridgehead atoms. The Labute approximate surface area is 68.1 Å². The smallest absolute Gasteiger partial charge is 0.318 e. The van der Waals surface area contributed by atoms with Crippen LogP contribution in [-0.4, -0.2) is 16.2 Å². The molecule has 0 aromatic rings. The summed E-state index contributed by atoms with van der Waals surface area (Å²) in [5.74, 6) is -2.49. The van der Waals surface area contributed by atoms with Crippen LogP contribution in [0.15, 0.2) is 11.6 Å². The number of carboxylic acids is 1. The van der Waals surface area contributed by atoms with Crippen molar-refractivity contribution in [3.05, 3.63) is 11.6 Å². The van der Waals surface area contributed by atoms with Gasteiger partial charge in [0.25, 0.3) is 0 Å². The second-order valence-corrected chi connectivity index (χ2v) is 2.17. The zero-order valence-electron chi connectivity index (χ0n) is 4.82. The summed E-state index contributed by atoms with van der Waals surface area (Å²) in [6, 6.07) is 0. The zero-order chi connectivity index (χ0) is 8.15. The molecule has 0 radical (unpaired) electrons. The average Bonchev–Trinajstić information content (AvgIpc) is 1.81. The Morgan fingerprint density at radius 2 is 2.10 bits per heavy atom. The van der Waals surface area contributed by atoms with Crippen LogP contribution in [0.4, 0.5) is 0 Å². The number of hydrogen-bond donors (Lipinski definition) is 2. The van der Waals surface area contributed by atoms with Gasteiger partial charge < -0.3 is 5.11 Å². The Balaban J connectivity index is 4.27. The molecule has 0 amide bonds. The van der Waals surface area contributed by atoms with E-state index in [9.17, 15) is 9.59 Å². The van der Waals surface area contributed by atoms with Crippen molar-refractivity contribution in [1.29, 1.82) is 0 Å². The summed E-state index contributed by atoms with van der Waals surface area (Å²) in [6.45, 7) is 0. The summed E-state index contributed by atoms with van der Waals surface area (Å²) in [6.07, 6.45) is 1.05. The molecule has 0 saturated heterocycles. The Hall–Kier alpha value is -0.480. The third-order valence-electron chi connectivity index (χ3n) is 0.797. The molecule has 1 atom stereocenters. The van der Waals surface area contributed by atoms with Crippen molar-refractivity contribution in [2.45, 2.75) is 0 Å². The maximum atomic E-state index is 10.3. The van der Waals surface area contributed by atoms with Crippen LogP contribution in [-0.2, 0) is 9.59 Å². The maximum Gasteiger partial charge on any atom is 0.318 e. The van der Waals surface area contributed by atoms with Crippen molar-refractivity contribution in [2.75, 3.05) is 0 Å². The van der Waals surface area contributed by atoms with Gasteiger partial charge in [0.1, 0.15) is 5.92 Å². The molecule has 10 heavy (non-hydrogen) atoms. The minimum Gasteiger partial charge on any atom is -0.480 e. The topological polar surface area (TPSA) is 54.4 Å². The van der Waals surface area contributed by atoms with Crippen LogP contribution in [0.2, 0.25) is 0 Å². The number of halogens is 1. The molecule has 0 aliphatic rings. The first-order valence-corrected chi connectivity index (χ1v) is 3.20. The fourth-order valence-electron chi connectivity index (χ4n) is 0.343. The minimum atomic E-state index is -1.25. The molecule has 56 valence electrons. The lowest BCUT2D eigenvalue weighted by Crippen LogP contribution is -2.16. The molecule has 1 N–H and O–H groups in total. The summed E-state index contributed by atoms with van der Waals surface area (Å²) in [5.41, 5.74) is 0.979. The zero-order valence-corrected chi connectivity index (χ0v) is 6.47. The second-order valence-electron chi connectivity index (χ2n) is 1.47. The largest absolute Gasteiger partial charge is 0.480 e. The number of carbonyl (C=O) groups excluding carboxylic acids is 1. The number of carbonyl (C=O) groups is 2. The second kappa shape index (κ2) is 4.35. The SMILES string of the molecule is O=C(O)C(/C=C/Cl)C(=O)S. The van der Waals surface area contributed by atoms with E-state index in [0.717, 1.165) is 11.6 Å². The Bertz CT molecular complexity index is 164. The Kier molecular flexibility index (Phi) is 4.14. The third kappa shape index (κ3) is 2.89. The molecule has 0 spiro atoms. The number of thiol groups is 1. The van der Waals surface area contributed by atoms with Gasteiger partial charge in [-0.2, -0.15) is 0 Å². The van der Waals surface area contributed by atoms with E-state index in [1.807, 2.05) is 0 Å². The van der Waals surface area contributed by atoms with Gasteiger partial charge in [0.2, 0.25) is 5.12 Å². The number of carboxylic acid groups (broad SMARTS) is 1. The molecule has 3 nitrogen and oxygen atoms in total. The fraction of sp³-hybridized carbons (Fsp3) is 0.200. The summed E-state index contributed by atoms with van der Waals surface area (Å²) in [5, 5.41) is 7.56. The van der Waals surface area contributed by atoms with Crippen LogP contribution in [0.25, 0.3) is 0 Å². The van der Waals surface area contributed by atoms with Gasteiger partial charge >= 0.3 is 5.97 Å². The van der Waals surface area contributed by atoms with Crippen molar-refractivity contribution in [2.24, 2.45) is 5.92 Å². The van der Waals surface area contributed by atoms with Gasteiger partial charge in [-0.3, -0.25) is 9.59 Å². The summed E-state index contributed by atoms with van der Waals surface area (Å²) in [4.78, 5) is 20.5. The van der Waals surface area contributed by atoms with Gasteiger partial charge in [-0.05, 0) is 0 Å². The van der Waals surface area contributed by atoms with Crippen LogP contribution < -0.4 is 0 Å². The quantitative estimate of drug-likeness (QED) is 0.501. The number of hydrogen-bond acceptors (Lipinski definition) is 2. The molecule has 0 aliphatic heterocycles. The van der Waals surface area contributed by atoms with Gasteiger partial charge in [0, 0.05) is 5.54 Å². The van der Waals surface area contributed by atoms with Crippen molar-refractivity contribution in [1.82, 2.24) is 0 Å². The highest BCUT2D eigenvalue weighted by Gasteiger charge is 2.19. The number of aliphatic carboxylic acids is 1. The Morgan fingerprint density at radius 3 is 2.20 bits per heavy atom. The minimum absolute atomic E-state index is 0.732. The molecule has 0 aromatic heterocycles. The van der Waals surface area contributed by atoms with E-state index in [1.54, 1.807) is 0 Å². The van der Waals surface area contributed by atoms with Crippen LogP contribution in [0.3, 0.4) is 0 Å². The average molecular weight is 181 g/mol. The molecular weight excluding hydrogens is 176 g/mol. The molecule has 0 fully saturated rings. The van der Waals surface area contributed by atoms with Gasteiger partial charge in [0.05, 0.1) is 0 Å². The van der Waals surface area contributed by atoms with E-state index in [4.69, 9.17) is 16.7 Å². The molecule has 0 rings (SSSR count). The lowest BCUT2D eigenvalue weighted by molar-refractivity contribution is -0.142. The molecular formula is C5H5ClO3S. The summed E-state index contributed by atoms with van der Waals surface area (Å²) in [7, 11) is 0. The van der Waals surface area contributed by atoms with Crippen LogP contribution >= 0.6 is 24.2 Å².